The molecule has 7 heteroatoms. The number of carbonyl (C=O) groups excluding carboxylic acids is 1. The first-order valence-electron chi connectivity index (χ1n) is 9.06. The van der Waals surface area contributed by atoms with Gasteiger partial charge in [-0.05, 0) is 54.8 Å². The molecular formula is C21H19Cl3N2O2. The van der Waals surface area contributed by atoms with Gasteiger partial charge in [0.1, 0.15) is 6.10 Å². The van der Waals surface area contributed by atoms with Crippen LogP contribution in [-0.2, 0) is 16.0 Å². The Morgan fingerprint density at radius 2 is 2.04 bits per heavy atom. The second-order valence-corrected chi connectivity index (χ2v) is 8.27. The van der Waals surface area contributed by atoms with Gasteiger partial charge in [-0.1, -0.05) is 40.9 Å². The summed E-state index contributed by atoms with van der Waals surface area (Å²) in [7, 11) is 0. The fourth-order valence-corrected chi connectivity index (χ4v) is 4.45. The van der Waals surface area contributed by atoms with Crippen molar-refractivity contribution in [1.29, 1.82) is 0 Å². The summed E-state index contributed by atoms with van der Waals surface area (Å²) in [4.78, 5) is 16.9. The number of rotatable bonds is 5. The third-order valence-electron chi connectivity index (χ3n) is 5.45. The first-order chi connectivity index (χ1) is 13.5. The first-order valence-corrected chi connectivity index (χ1v) is 10.2. The highest BCUT2D eigenvalue weighted by Crippen LogP contribution is 2.37. The third-order valence-corrected chi connectivity index (χ3v) is 6.43. The summed E-state index contributed by atoms with van der Waals surface area (Å²) in [5.41, 5.74) is 4.40. The Labute approximate surface area is 178 Å². The highest BCUT2D eigenvalue weighted by molar-refractivity contribution is 6.42. The van der Waals surface area contributed by atoms with E-state index in [-0.39, 0.29) is 6.04 Å². The summed E-state index contributed by atoms with van der Waals surface area (Å²) in [5.74, 6) is 0. The molecule has 0 bridgehead atoms. The van der Waals surface area contributed by atoms with Crippen LogP contribution in [0.4, 0.5) is 0 Å². The number of nitrogens with zero attached hydrogens (tertiary/aromatic N) is 1. The van der Waals surface area contributed by atoms with E-state index in [0.717, 1.165) is 29.1 Å². The maximum Gasteiger partial charge on any atom is 0.293 e. The topological polar surface area (TPSA) is 45.3 Å². The second-order valence-electron chi connectivity index (χ2n) is 7.02. The van der Waals surface area contributed by atoms with Gasteiger partial charge in [0, 0.05) is 40.8 Å². The molecule has 0 fully saturated rings. The Balaban J connectivity index is 1.61. The number of halogens is 3. The number of ether oxygens (including phenoxy) is 1. The minimum absolute atomic E-state index is 0.149. The van der Waals surface area contributed by atoms with Crippen molar-refractivity contribution in [2.45, 2.75) is 25.5 Å². The smallest absolute Gasteiger partial charge is 0.293 e. The van der Waals surface area contributed by atoms with Crippen LogP contribution in [0.5, 0.6) is 0 Å². The predicted octanol–water partition coefficient (Wildman–Crippen LogP) is 5.96. The van der Waals surface area contributed by atoms with Gasteiger partial charge < -0.3 is 9.72 Å². The summed E-state index contributed by atoms with van der Waals surface area (Å²) in [5, 5.41) is 2.84. The van der Waals surface area contributed by atoms with Crippen LogP contribution in [0.15, 0.2) is 36.4 Å². The molecule has 0 spiro atoms. The summed E-state index contributed by atoms with van der Waals surface area (Å²) in [6.45, 7) is 4.06. The number of carbonyl (C=O) groups is 1. The minimum atomic E-state index is -0.421. The van der Waals surface area contributed by atoms with E-state index in [1.807, 2.05) is 24.3 Å². The number of hydrogen-bond acceptors (Lipinski definition) is 3. The van der Waals surface area contributed by atoms with Gasteiger partial charge >= 0.3 is 0 Å². The van der Waals surface area contributed by atoms with E-state index in [0.29, 0.717) is 23.1 Å². The molecule has 4 nitrogen and oxygen atoms in total. The lowest BCUT2D eigenvalue weighted by atomic mass is 9.97. The lowest BCUT2D eigenvalue weighted by Crippen LogP contribution is -2.37. The highest BCUT2D eigenvalue weighted by atomic mass is 35.5. The average molecular weight is 438 g/mol. The van der Waals surface area contributed by atoms with Crippen molar-refractivity contribution in [1.82, 2.24) is 9.88 Å². The Morgan fingerprint density at radius 1 is 1.21 bits per heavy atom. The highest BCUT2D eigenvalue weighted by Gasteiger charge is 2.30. The van der Waals surface area contributed by atoms with Gasteiger partial charge in [-0.3, -0.25) is 9.69 Å². The summed E-state index contributed by atoms with van der Waals surface area (Å²) >= 11 is 18.4. The fraction of sp³-hybridized carbons (Fsp3) is 0.286. The molecule has 2 heterocycles. The Hall–Kier alpha value is -1.72. The molecule has 146 valence electrons. The van der Waals surface area contributed by atoms with Crippen LogP contribution in [0, 0.1) is 0 Å². The zero-order chi connectivity index (χ0) is 19.8. The van der Waals surface area contributed by atoms with E-state index in [1.165, 1.54) is 16.6 Å². The lowest BCUT2D eigenvalue weighted by Gasteiger charge is -2.35. The number of nitrogens with one attached hydrogen (secondary N) is 1. The van der Waals surface area contributed by atoms with Crippen molar-refractivity contribution >= 4 is 52.2 Å². The Morgan fingerprint density at radius 3 is 2.79 bits per heavy atom. The molecule has 2 unspecified atom stereocenters. The zero-order valence-electron chi connectivity index (χ0n) is 15.2. The number of fused-ring (bicyclic) bond motifs is 3. The molecule has 2 atom stereocenters. The first kappa shape index (κ1) is 19.6. The molecule has 0 radical (unpaired) electrons. The molecular weight excluding hydrogens is 419 g/mol. The molecule has 0 aliphatic carbocycles. The van der Waals surface area contributed by atoms with Gasteiger partial charge in [-0.2, -0.15) is 0 Å². The van der Waals surface area contributed by atoms with Crippen LogP contribution in [-0.4, -0.2) is 29.4 Å². The predicted molar refractivity (Wildman–Crippen MR) is 113 cm³/mol. The quantitative estimate of drug-likeness (QED) is 0.501. The maximum atomic E-state index is 11.1. The monoisotopic (exact) mass is 436 g/mol. The van der Waals surface area contributed by atoms with Crippen LogP contribution in [0.25, 0.3) is 10.9 Å². The molecule has 28 heavy (non-hydrogen) atoms. The molecule has 3 aromatic rings. The van der Waals surface area contributed by atoms with Gasteiger partial charge in [0.2, 0.25) is 0 Å². The van der Waals surface area contributed by atoms with Gasteiger partial charge in [0.05, 0.1) is 10.0 Å². The standard InChI is InChI=1S/C21H19Cl3N2O2/c1-12-21-15(16-9-14(22)3-5-19(16)25-21)6-7-26(12)10-20(28-11-27)13-2-4-17(23)18(24)8-13/h2-5,8-9,11-12,20,25H,6-7,10H2,1H3. The third kappa shape index (κ3) is 3.62. The van der Waals surface area contributed by atoms with E-state index in [1.54, 1.807) is 12.1 Å². The van der Waals surface area contributed by atoms with Crippen molar-refractivity contribution < 1.29 is 9.53 Å². The van der Waals surface area contributed by atoms with E-state index < -0.39 is 6.10 Å². The van der Waals surface area contributed by atoms with Crippen molar-refractivity contribution in [2.24, 2.45) is 0 Å². The number of H-pyrrole nitrogens is 1. The Bertz CT molecular complexity index is 1030. The second kappa shape index (κ2) is 7.96. The molecule has 1 N–H and O–H groups in total. The molecule has 0 amide bonds. The van der Waals surface area contributed by atoms with Crippen molar-refractivity contribution in [3.63, 3.8) is 0 Å². The van der Waals surface area contributed by atoms with Crippen LogP contribution in [0.2, 0.25) is 15.1 Å². The molecule has 4 rings (SSSR count). The Kier molecular flexibility index (Phi) is 5.57. The SMILES string of the molecule is CC1c2[nH]c3ccc(Cl)cc3c2CCN1CC(OC=O)c1ccc(Cl)c(Cl)c1. The minimum Gasteiger partial charge on any atom is -0.458 e. The van der Waals surface area contributed by atoms with Gasteiger partial charge in [0.25, 0.3) is 6.47 Å². The number of hydrogen-bond donors (Lipinski definition) is 1. The fourth-order valence-electron chi connectivity index (χ4n) is 3.97. The summed E-state index contributed by atoms with van der Waals surface area (Å²) in [6.07, 6.45) is 0.477. The van der Waals surface area contributed by atoms with Crippen LogP contribution in [0.3, 0.4) is 0 Å². The molecule has 1 aliphatic rings. The van der Waals surface area contributed by atoms with Crippen LogP contribution < -0.4 is 0 Å². The normalized spacial score (nSPS) is 18.1. The number of aromatic amines is 1. The van der Waals surface area contributed by atoms with Gasteiger partial charge in [-0.25, -0.2) is 0 Å². The average Bonchev–Trinajstić information content (AvgIpc) is 3.04. The lowest BCUT2D eigenvalue weighted by molar-refractivity contribution is -0.135. The summed E-state index contributed by atoms with van der Waals surface area (Å²) < 4.78 is 5.39. The molecule has 0 saturated heterocycles. The largest absolute Gasteiger partial charge is 0.458 e. The number of aromatic nitrogens is 1. The van der Waals surface area contributed by atoms with Gasteiger partial charge in [-0.15, -0.1) is 0 Å². The van der Waals surface area contributed by atoms with Crippen LogP contribution in [0.1, 0.15) is 35.9 Å². The zero-order valence-corrected chi connectivity index (χ0v) is 17.5. The molecule has 0 saturated carbocycles. The van der Waals surface area contributed by atoms with E-state index >= 15 is 0 Å². The number of benzene rings is 2. The maximum absolute atomic E-state index is 11.1. The van der Waals surface area contributed by atoms with Crippen molar-refractivity contribution in [3.8, 4) is 0 Å². The van der Waals surface area contributed by atoms with E-state index in [9.17, 15) is 4.79 Å². The van der Waals surface area contributed by atoms with Gasteiger partial charge in [0.15, 0.2) is 0 Å². The van der Waals surface area contributed by atoms with Crippen LogP contribution >= 0.6 is 34.8 Å². The molecule has 2 aromatic carbocycles. The van der Waals surface area contributed by atoms with Crippen molar-refractivity contribution in [3.05, 3.63) is 68.3 Å². The van der Waals surface area contributed by atoms with E-state index in [4.69, 9.17) is 39.5 Å². The summed E-state index contributed by atoms with van der Waals surface area (Å²) in [6, 6.07) is 11.4. The molecule has 1 aromatic heterocycles. The van der Waals surface area contributed by atoms with E-state index in [2.05, 4.69) is 16.8 Å². The molecule has 1 aliphatic heterocycles. The van der Waals surface area contributed by atoms with Crippen molar-refractivity contribution in [2.75, 3.05) is 13.1 Å².